The SMILES string of the molecule is Cl.O=S(=O)(c1ccccc1)N1CCOC2(CCN(CCc3ccccc3)CC2)C1. The first-order valence-electron chi connectivity index (χ1n) is 10.0. The van der Waals surface area contributed by atoms with Gasteiger partial charge in [0.2, 0.25) is 10.0 Å². The molecule has 1 spiro atoms. The van der Waals surface area contributed by atoms with E-state index in [1.54, 1.807) is 28.6 Å². The second kappa shape index (κ2) is 9.58. The lowest BCUT2D eigenvalue weighted by Gasteiger charge is -2.46. The summed E-state index contributed by atoms with van der Waals surface area (Å²) in [6.45, 7) is 4.29. The molecular weight excluding hydrogens is 408 g/mol. The maximum absolute atomic E-state index is 13.0. The topological polar surface area (TPSA) is 49.9 Å². The molecule has 0 N–H and O–H groups in total. The van der Waals surface area contributed by atoms with Crippen molar-refractivity contribution in [1.82, 2.24) is 9.21 Å². The Morgan fingerprint density at radius 3 is 2.17 bits per heavy atom. The van der Waals surface area contributed by atoms with E-state index in [9.17, 15) is 8.42 Å². The number of halogens is 1. The Morgan fingerprint density at radius 1 is 0.897 bits per heavy atom. The normalized spacial score (nSPS) is 20.3. The quantitative estimate of drug-likeness (QED) is 0.722. The fraction of sp³-hybridized carbons (Fsp3) is 0.455. The Kier molecular flexibility index (Phi) is 7.35. The van der Waals surface area contributed by atoms with E-state index < -0.39 is 10.0 Å². The van der Waals surface area contributed by atoms with Crippen LogP contribution in [0.4, 0.5) is 0 Å². The smallest absolute Gasteiger partial charge is 0.243 e. The van der Waals surface area contributed by atoms with E-state index in [1.165, 1.54) is 5.56 Å². The molecule has 2 aromatic rings. The Morgan fingerprint density at radius 2 is 1.52 bits per heavy atom. The van der Waals surface area contributed by atoms with Gasteiger partial charge in [-0.3, -0.25) is 0 Å². The Balaban J connectivity index is 0.00000240. The molecule has 0 amide bonds. The van der Waals surface area contributed by atoms with E-state index in [-0.39, 0.29) is 18.0 Å². The number of hydrogen-bond acceptors (Lipinski definition) is 4. The maximum Gasteiger partial charge on any atom is 0.243 e. The molecule has 5 nitrogen and oxygen atoms in total. The predicted molar refractivity (Wildman–Crippen MR) is 117 cm³/mol. The molecule has 0 saturated carbocycles. The zero-order valence-corrected chi connectivity index (χ0v) is 18.2. The molecule has 2 aliphatic rings. The first-order valence-corrected chi connectivity index (χ1v) is 11.5. The van der Waals surface area contributed by atoms with Gasteiger partial charge in [-0.25, -0.2) is 8.42 Å². The Labute approximate surface area is 180 Å². The number of ether oxygens (including phenoxy) is 1. The van der Waals surface area contributed by atoms with Crippen molar-refractivity contribution >= 4 is 22.4 Å². The molecule has 7 heteroatoms. The molecule has 2 heterocycles. The average Bonchev–Trinajstić information content (AvgIpc) is 2.75. The molecule has 0 aliphatic carbocycles. The third-order valence-corrected chi connectivity index (χ3v) is 7.78. The highest BCUT2D eigenvalue weighted by Crippen LogP contribution is 2.32. The summed E-state index contributed by atoms with van der Waals surface area (Å²) in [5, 5.41) is 0. The minimum Gasteiger partial charge on any atom is -0.372 e. The number of hydrogen-bond donors (Lipinski definition) is 0. The molecular formula is C22H29ClN2O3S. The number of benzene rings is 2. The lowest BCUT2D eigenvalue weighted by molar-refractivity contribution is -0.119. The van der Waals surface area contributed by atoms with Gasteiger partial charge in [-0.15, -0.1) is 12.4 Å². The van der Waals surface area contributed by atoms with Crippen LogP contribution in [0.15, 0.2) is 65.6 Å². The number of rotatable bonds is 5. The van der Waals surface area contributed by atoms with Crippen LogP contribution in [-0.4, -0.2) is 62.6 Å². The highest BCUT2D eigenvalue weighted by atomic mass is 35.5. The highest BCUT2D eigenvalue weighted by molar-refractivity contribution is 7.89. The number of nitrogens with zero attached hydrogens (tertiary/aromatic N) is 2. The number of sulfonamides is 1. The fourth-order valence-corrected chi connectivity index (χ4v) is 5.69. The summed E-state index contributed by atoms with van der Waals surface area (Å²) in [5.41, 5.74) is 1.01. The van der Waals surface area contributed by atoms with Gasteiger partial charge in [0.15, 0.2) is 0 Å². The largest absolute Gasteiger partial charge is 0.372 e. The summed E-state index contributed by atoms with van der Waals surface area (Å²) in [6.07, 6.45) is 2.80. The van der Waals surface area contributed by atoms with Crippen molar-refractivity contribution in [3.63, 3.8) is 0 Å². The van der Waals surface area contributed by atoms with Gasteiger partial charge in [0.1, 0.15) is 0 Å². The second-order valence-electron chi connectivity index (χ2n) is 7.76. The molecule has 2 fully saturated rings. The molecule has 2 aromatic carbocycles. The van der Waals surface area contributed by atoms with E-state index in [4.69, 9.17) is 4.74 Å². The van der Waals surface area contributed by atoms with E-state index in [2.05, 4.69) is 29.2 Å². The summed E-state index contributed by atoms with van der Waals surface area (Å²) >= 11 is 0. The molecule has 29 heavy (non-hydrogen) atoms. The summed E-state index contributed by atoms with van der Waals surface area (Å²) in [6, 6.07) is 19.3. The van der Waals surface area contributed by atoms with Crippen LogP contribution >= 0.6 is 12.4 Å². The minimum absolute atomic E-state index is 0. The van der Waals surface area contributed by atoms with E-state index in [0.29, 0.717) is 24.6 Å². The minimum atomic E-state index is -3.46. The Hall–Kier alpha value is -1.44. The van der Waals surface area contributed by atoms with Crippen molar-refractivity contribution < 1.29 is 13.2 Å². The van der Waals surface area contributed by atoms with Gasteiger partial charge in [0.25, 0.3) is 0 Å². The van der Waals surface area contributed by atoms with Gasteiger partial charge in [0.05, 0.1) is 17.1 Å². The lowest BCUT2D eigenvalue weighted by atomic mass is 9.90. The van der Waals surface area contributed by atoms with E-state index in [1.807, 2.05) is 12.1 Å². The molecule has 2 saturated heterocycles. The number of piperidine rings is 1. The molecule has 0 radical (unpaired) electrons. The average molecular weight is 437 g/mol. The van der Waals surface area contributed by atoms with Gasteiger partial charge in [-0.05, 0) is 37.0 Å². The first kappa shape index (κ1) is 22.2. The van der Waals surface area contributed by atoms with Crippen molar-refractivity contribution in [2.75, 3.05) is 39.3 Å². The lowest BCUT2D eigenvalue weighted by Crippen LogP contribution is -2.58. The molecule has 0 atom stereocenters. The van der Waals surface area contributed by atoms with Crippen molar-refractivity contribution in [2.24, 2.45) is 0 Å². The van der Waals surface area contributed by atoms with Crippen LogP contribution in [0.25, 0.3) is 0 Å². The van der Waals surface area contributed by atoms with Gasteiger partial charge in [0, 0.05) is 32.7 Å². The van der Waals surface area contributed by atoms with E-state index >= 15 is 0 Å². The van der Waals surface area contributed by atoms with Crippen LogP contribution in [0.2, 0.25) is 0 Å². The molecule has 4 rings (SSSR count). The van der Waals surface area contributed by atoms with Crippen molar-refractivity contribution in [2.45, 2.75) is 29.8 Å². The molecule has 0 bridgehead atoms. The number of morpholine rings is 1. The standard InChI is InChI=1S/C22H28N2O3S.ClH/c25-28(26,21-9-5-2-6-10-21)24-17-18-27-22(19-24)12-15-23(16-13-22)14-11-20-7-3-1-4-8-20;/h1-10H,11-19H2;1H. The molecule has 0 aromatic heterocycles. The monoisotopic (exact) mass is 436 g/mol. The van der Waals surface area contributed by atoms with Gasteiger partial charge >= 0.3 is 0 Å². The predicted octanol–water partition coefficient (Wildman–Crippen LogP) is 3.21. The van der Waals surface area contributed by atoms with Gasteiger partial charge in [-0.2, -0.15) is 4.31 Å². The van der Waals surface area contributed by atoms with Crippen molar-refractivity contribution in [1.29, 1.82) is 0 Å². The third kappa shape index (κ3) is 5.19. The fourth-order valence-electron chi connectivity index (χ4n) is 4.18. The molecule has 2 aliphatic heterocycles. The van der Waals surface area contributed by atoms with Crippen LogP contribution < -0.4 is 0 Å². The second-order valence-corrected chi connectivity index (χ2v) is 9.70. The summed E-state index contributed by atoms with van der Waals surface area (Å²) in [4.78, 5) is 2.83. The summed E-state index contributed by atoms with van der Waals surface area (Å²) in [5.74, 6) is 0. The zero-order valence-electron chi connectivity index (χ0n) is 16.6. The zero-order chi connectivity index (χ0) is 19.5. The van der Waals surface area contributed by atoms with Crippen molar-refractivity contribution in [3.8, 4) is 0 Å². The molecule has 0 unspecified atom stereocenters. The van der Waals surface area contributed by atoms with E-state index in [0.717, 1.165) is 38.9 Å². The van der Waals surface area contributed by atoms with Crippen LogP contribution in [-0.2, 0) is 21.2 Å². The summed E-state index contributed by atoms with van der Waals surface area (Å²) in [7, 11) is -3.46. The van der Waals surface area contributed by atoms with Gasteiger partial charge in [-0.1, -0.05) is 48.5 Å². The number of likely N-dealkylation sites (tertiary alicyclic amines) is 1. The van der Waals surface area contributed by atoms with Crippen molar-refractivity contribution in [3.05, 3.63) is 66.2 Å². The highest BCUT2D eigenvalue weighted by Gasteiger charge is 2.43. The van der Waals surface area contributed by atoms with Crippen LogP contribution in [0.5, 0.6) is 0 Å². The van der Waals surface area contributed by atoms with Crippen LogP contribution in [0.1, 0.15) is 18.4 Å². The van der Waals surface area contributed by atoms with Crippen LogP contribution in [0.3, 0.4) is 0 Å². The Bertz CT molecular complexity index is 869. The maximum atomic E-state index is 13.0. The first-order chi connectivity index (χ1) is 13.6. The molecule has 158 valence electrons. The van der Waals surface area contributed by atoms with Crippen LogP contribution in [0, 0.1) is 0 Å². The van der Waals surface area contributed by atoms with Gasteiger partial charge < -0.3 is 9.64 Å². The third-order valence-electron chi connectivity index (χ3n) is 5.92. The summed E-state index contributed by atoms with van der Waals surface area (Å²) < 4.78 is 33.8.